The second-order valence-electron chi connectivity index (χ2n) is 2.17. The fourth-order valence-corrected chi connectivity index (χ4v) is 0.991. The van der Waals surface area contributed by atoms with Crippen LogP contribution in [-0.2, 0) is 0 Å². The standard InChI is InChI=1S/C10H6/c1-2-5-9-7-4-8-10(9)6-3-1/h1-6H. The average molecular weight is 126 g/mol. The van der Waals surface area contributed by atoms with Crippen molar-refractivity contribution in [3.05, 3.63) is 48.5 Å². The minimum atomic E-state index is 1.13. The molecule has 2 aliphatic rings. The van der Waals surface area contributed by atoms with Crippen molar-refractivity contribution in [3.63, 3.8) is 0 Å². The van der Waals surface area contributed by atoms with Gasteiger partial charge in [-0.15, -0.1) is 0 Å². The largest absolute Gasteiger partial charge is 0.0622 e. The maximum absolute atomic E-state index is 3.08. The molecule has 0 N–H and O–H groups in total. The molecule has 0 atom stereocenters. The second kappa shape index (κ2) is 2.14. The number of fused-ring (bicyclic) bond motifs is 1. The lowest BCUT2D eigenvalue weighted by molar-refractivity contribution is 1.82. The maximum atomic E-state index is 3.08. The molecule has 2 aliphatic carbocycles. The van der Waals surface area contributed by atoms with Crippen LogP contribution in [-0.4, -0.2) is 0 Å². The molecule has 0 aromatic heterocycles. The molecule has 0 heteroatoms. The first-order valence-corrected chi connectivity index (χ1v) is 3.24. The average Bonchev–Trinajstić information content (AvgIpc) is 2.28. The van der Waals surface area contributed by atoms with Crippen molar-refractivity contribution < 1.29 is 0 Å². The van der Waals surface area contributed by atoms with E-state index in [0.717, 1.165) is 11.1 Å². The van der Waals surface area contributed by atoms with Gasteiger partial charge in [-0.1, -0.05) is 30.3 Å². The summed E-state index contributed by atoms with van der Waals surface area (Å²) in [5, 5.41) is 0. The first-order chi connectivity index (χ1) is 4.97. The van der Waals surface area contributed by atoms with Gasteiger partial charge in [0.1, 0.15) is 0 Å². The van der Waals surface area contributed by atoms with E-state index in [1.54, 1.807) is 0 Å². The van der Waals surface area contributed by atoms with E-state index < -0.39 is 0 Å². The molecule has 0 nitrogen and oxygen atoms in total. The molecule has 0 saturated carbocycles. The van der Waals surface area contributed by atoms with E-state index >= 15 is 0 Å². The quantitative estimate of drug-likeness (QED) is 0.508. The van der Waals surface area contributed by atoms with Gasteiger partial charge in [0, 0.05) is 0 Å². The van der Waals surface area contributed by atoms with Gasteiger partial charge >= 0.3 is 0 Å². The van der Waals surface area contributed by atoms with Crippen LogP contribution in [0.2, 0.25) is 0 Å². The van der Waals surface area contributed by atoms with Gasteiger partial charge in [-0.3, -0.25) is 0 Å². The number of hydrogen-bond donors (Lipinski definition) is 0. The zero-order chi connectivity index (χ0) is 6.81. The Morgan fingerprint density at radius 2 is 1.40 bits per heavy atom. The highest BCUT2D eigenvalue weighted by Gasteiger charge is 1.95. The van der Waals surface area contributed by atoms with E-state index in [4.69, 9.17) is 0 Å². The molecular formula is C10H6. The molecule has 2 radical (unpaired) electrons. The van der Waals surface area contributed by atoms with Crippen LogP contribution in [0, 0.1) is 12.1 Å². The van der Waals surface area contributed by atoms with Gasteiger partial charge in [0.25, 0.3) is 0 Å². The van der Waals surface area contributed by atoms with Crippen molar-refractivity contribution in [2.24, 2.45) is 0 Å². The van der Waals surface area contributed by atoms with Crippen molar-refractivity contribution in [2.45, 2.75) is 0 Å². The Hall–Kier alpha value is -1.30. The summed E-state index contributed by atoms with van der Waals surface area (Å²) in [6, 6.07) is 18.1. The van der Waals surface area contributed by atoms with Gasteiger partial charge in [-0.2, -0.15) is 0 Å². The van der Waals surface area contributed by atoms with Gasteiger partial charge in [-0.25, -0.2) is 0 Å². The van der Waals surface area contributed by atoms with Gasteiger partial charge in [0.15, 0.2) is 0 Å². The summed E-state index contributed by atoms with van der Waals surface area (Å²) in [6.07, 6.45) is 0. The smallest absolute Gasteiger partial charge is 0.00923 e. The van der Waals surface area contributed by atoms with Gasteiger partial charge < -0.3 is 0 Å². The zero-order valence-electron chi connectivity index (χ0n) is 5.46. The number of hydrogen-bond acceptors (Lipinski definition) is 0. The fraction of sp³-hybridized carbons (Fsp3) is 0. The summed E-state index contributed by atoms with van der Waals surface area (Å²) in [6.45, 7) is 0. The van der Waals surface area contributed by atoms with E-state index in [2.05, 4.69) is 12.1 Å². The molecular weight excluding hydrogens is 120 g/mol. The van der Waals surface area contributed by atoms with Crippen molar-refractivity contribution in [2.75, 3.05) is 0 Å². The minimum absolute atomic E-state index is 1.13. The Balaban J connectivity index is 2.74. The van der Waals surface area contributed by atoms with E-state index in [9.17, 15) is 0 Å². The third kappa shape index (κ3) is 0.781. The molecule has 0 saturated heterocycles. The second-order valence-corrected chi connectivity index (χ2v) is 2.17. The lowest BCUT2D eigenvalue weighted by atomic mass is 10.2. The predicted molar refractivity (Wildman–Crippen MR) is 40.7 cm³/mol. The summed E-state index contributed by atoms with van der Waals surface area (Å²) < 4.78 is 0. The molecule has 0 aliphatic heterocycles. The van der Waals surface area contributed by atoms with Gasteiger partial charge in [0.05, 0.1) is 0 Å². The van der Waals surface area contributed by atoms with Crippen molar-refractivity contribution in [1.29, 1.82) is 0 Å². The first kappa shape index (κ1) is 5.48. The Bertz CT molecular complexity index is 271. The summed E-state index contributed by atoms with van der Waals surface area (Å²) >= 11 is 0. The molecule has 0 aromatic carbocycles. The third-order valence-electron chi connectivity index (χ3n) is 1.49. The maximum Gasteiger partial charge on any atom is -0.00923 e. The van der Waals surface area contributed by atoms with Crippen LogP contribution >= 0.6 is 0 Å². The highest BCUT2D eigenvalue weighted by molar-refractivity contribution is 5.63. The third-order valence-corrected chi connectivity index (χ3v) is 1.49. The van der Waals surface area contributed by atoms with Crippen LogP contribution in [0.15, 0.2) is 36.4 Å². The summed E-state index contributed by atoms with van der Waals surface area (Å²) in [7, 11) is 0. The van der Waals surface area contributed by atoms with Crippen molar-refractivity contribution in [1.82, 2.24) is 0 Å². The monoisotopic (exact) mass is 126 g/mol. The van der Waals surface area contributed by atoms with Crippen LogP contribution in [0.4, 0.5) is 0 Å². The molecule has 0 heterocycles. The van der Waals surface area contributed by atoms with Crippen molar-refractivity contribution >= 4 is 0 Å². The van der Waals surface area contributed by atoms with Crippen molar-refractivity contribution in [3.8, 4) is 11.1 Å². The van der Waals surface area contributed by atoms with E-state index in [0.29, 0.717) is 0 Å². The van der Waals surface area contributed by atoms with E-state index in [-0.39, 0.29) is 0 Å². The predicted octanol–water partition coefficient (Wildman–Crippen LogP) is 2.39. The fourth-order valence-electron chi connectivity index (χ4n) is 0.991. The highest BCUT2D eigenvalue weighted by atomic mass is 14.0. The molecule has 0 aromatic rings. The van der Waals surface area contributed by atoms with Gasteiger partial charge in [-0.05, 0) is 29.3 Å². The molecule has 0 bridgehead atoms. The van der Waals surface area contributed by atoms with Crippen LogP contribution in [0.1, 0.15) is 0 Å². The lowest BCUT2D eigenvalue weighted by Crippen LogP contribution is -1.60. The zero-order valence-corrected chi connectivity index (χ0v) is 5.46. The molecule has 0 unspecified atom stereocenters. The molecule has 0 fully saturated rings. The lowest BCUT2D eigenvalue weighted by Gasteiger charge is -1.84. The Morgan fingerprint density at radius 1 is 0.800 bits per heavy atom. The SMILES string of the molecule is [c]1c[c]c2cccccc1-2. The molecule has 0 amide bonds. The molecule has 0 spiro atoms. The molecule has 2 rings (SSSR count). The van der Waals surface area contributed by atoms with Gasteiger partial charge in [0.2, 0.25) is 0 Å². The van der Waals surface area contributed by atoms with Crippen LogP contribution in [0.25, 0.3) is 11.1 Å². The minimum Gasteiger partial charge on any atom is -0.0622 e. The summed E-state index contributed by atoms with van der Waals surface area (Å²) in [4.78, 5) is 0. The molecule has 46 valence electrons. The Kier molecular flexibility index (Phi) is 1.17. The normalized spacial score (nSPS) is 10.0. The Labute approximate surface area is 60.5 Å². The number of rotatable bonds is 0. The van der Waals surface area contributed by atoms with Crippen LogP contribution in [0.3, 0.4) is 0 Å². The van der Waals surface area contributed by atoms with Crippen LogP contribution in [0.5, 0.6) is 0 Å². The highest BCUT2D eigenvalue weighted by Crippen LogP contribution is 2.18. The Morgan fingerprint density at radius 3 is 2.00 bits per heavy atom. The van der Waals surface area contributed by atoms with E-state index in [1.165, 1.54) is 0 Å². The summed E-state index contributed by atoms with van der Waals surface area (Å²) in [5.41, 5.74) is 2.26. The van der Waals surface area contributed by atoms with Crippen LogP contribution < -0.4 is 0 Å². The summed E-state index contributed by atoms with van der Waals surface area (Å²) in [5.74, 6) is 0. The first-order valence-electron chi connectivity index (χ1n) is 3.24. The van der Waals surface area contributed by atoms with E-state index in [1.807, 2.05) is 36.4 Å². The molecule has 10 heavy (non-hydrogen) atoms. The topological polar surface area (TPSA) is 0 Å².